The Balaban J connectivity index is 1.97. The highest BCUT2D eigenvalue weighted by Crippen LogP contribution is 2.27. The van der Waals surface area contributed by atoms with Gasteiger partial charge < -0.3 is 5.11 Å². The molecule has 1 unspecified atom stereocenters. The highest BCUT2D eigenvalue weighted by atomic mass is 79.9. The van der Waals surface area contributed by atoms with Crippen molar-refractivity contribution in [2.24, 2.45) is 7.05 Å². The molecular weight excluding hydrogens is 316 g/mol. The Bertz CT molecular complexity index is 751. The molecule has 4 heteroatoms. The topological polar surface area (TPSA) is 38.0 Å². The average molecular weight is 331 g/mol. The molecule has 0 saturated heterocycles. The summed E-state index contributed by atoms with van der Waals surface area (Å²) in [5.41, 5.74) is 2.85. The Labute approximate surface area is 126 Å². The maximum absolute atomic E-state index is 10.5. The quantitative estimate of drug-likeness (QED) is 0.796. The summed E-state index contributed by atoms with van der Waals surface area (Å²) in [4.78, 5) is 0. The number of para-hydroxylation sites is 1. The molecule has 3 rings (SSSR count). The van der Waals surface area contributed by atoms with Gasteiger partial charge in [-0.3, -0.25) is 4.68 Å². The molecule has 3 aromatic rings. The number of aliphatic hydroxyl groups excluding tert-OH is 1. The molecule has 0 saturated carbocycles. The number of halogens is 1. The lowest BCUT2D eigenvalue weighted by molar-refractivity contribution is 0.174. The Morgan fingerprint density at radius 3 is 2.65 bits per heavy atom. The molecule has 102 valence electrons. The number of hydrogen-bond acceptors (Lipinski definition) is 2. The van der Waals surface area contributed by atoms with Gasteiger partial charge in [-0.05, 0) is 17.7 Å². The zero-order valence-electron chi connectivity index (χ0n) is 11.1. The summed E-state index contributed by atoms with van der Waals surface area (Å²) >= 11 is 3.52. The second-order valence-electron chi connectivity index (χ2n) is 4.84. The van der Waals surface area contributed by atoms with E-state index in [1.54, 1.807) is 0 Å². The fourth-order valence-electron chi connectivity index (χ4n) is 2.46. The van der Waals surface area contributed by atoms with Gasteiger partial charge in [0.05, 0.1) is 11.2 Å². The second-order valence-corrected chi connectivity index (χ2v) is 5.69. The van der Waals surface area contributed by atoms with Crippen LogP contribution in [0.5, 0.6) is 0 Å². The number of benzene rings is 2. The molecule has 0 fully saturated rings. The van der Waals surface area contributed by atoms with Crippen LogP contribution in [0.1, 0.15) is 17.4 Å². The summed E-state index contributed by atoms with van der Waals surface area (Å²) in [7, 11) is 1.90. The van der Waals surface area contributed by atoms with Gasteiger partial charge in [-0.1, -0.05) is 52.3 Å². The first kappa shape index (κ1) is 13.3. The molecule has 20 heavy (non-hydrogen) atoms. The molecule has 1 aromatic heterocycles. The van der Waals surface area contributed by atoms with Gasteiger partial charge in [0.15, 0.2) is 0 Å². The first-order valence-electron chi connectivity index (χ1n) is 6.50. The van der Waals surface area contributed by atoms with E-state index in [4.69, 9.17) is 0 Å². The monoisotopic (exact) mass is 330 g/mol. The van der Waals surface area contributed by atoms with Crippen molar-refractivity contribution in [2.75, 3.05) is 0 Å². The van der Waals surface area contributed by atoms with E-state index in [0.717, 1.165) is 26.6 Å². The van der Waals surface area contributed by atoms with Crippen LogP contribution in [0.25, 0.3) is 10.9 Å². The Hall–Kier alpha value is -1.65. The number of aliphatic hydroxyl groups is 1. The van der Waals surface area contributed by atoms with Crippen molar-refractivity contribution in [1.29, 1.82) is 0 Å². The van der Waals surface area contributed by atoms with Crippen LogP contribution in [0, 0.1) is 0 Å². The SMILES string of the molecule is Cn1nc(C(O)Cc2ccccc2Br)c2ccccc21. The van der Waals surface area contributed by atoms with Gasteiger partial charge in [0.25, 0.3) is 0 Å². The summed E-state index contributed by atoms with van der Waals surface area (Å²) in [5.74, 6) is 0. The van der Waals surface area contributed by atoms with Crippen molar-refractivity contribution in [3.05, 3.63) is 64.3 Å². The molecule has 0 radical (unpaired) electrons. The van der Waals surface area contributed by atoms with Crippen LogP contribution < -0.4 is 0 Å². The zero-order chi connectivity index (χ0) is 14.1. The van der Waals surface area contributed by atoms with E-state index in [0.29, 0.717) is 6.42 Å². The van der Waals surface area contributed by atoms with Gasteiger partial charge in [0.1, 0.15) is 6.10 Å². The summed E-state index contributed by atoms with van der Waals surface area (Å²) in [5, 5.41) is 16.0. The normalized spacial score (nSPS) is 12.8. The van der Waals surface area contributed by atoms with E-state index in [-0.39, 0.29) is 0 Å². The number of aryl methyl sites for hydroxylation is 1. The molecule has 0 bridgehead atoms. The fourth-order valence-corrected chi connectivity index (χ4v) is 2.90. The molecular formula is C16H15BrN2O. The van der Waals surface area contributed by atoms with Crippen LogP contribution >= 0.6 is 15.9 Å². The van der Waals surface area contributed by atoms with Gasteiger partial charge in [-0.15, -0.1) is 0 Å². The number of nitrogens with zero attached hydrogens (tertiary/aromatic N) is 2. The first-order valence-corrected chi connectivity index (χ1v) is 7.29. The molecule has 0 spiro atoms. The van der Waals surface area contributed by atoms with Crippen molar-refractivity contribution in [3.8, 4) is 0 Å². The van der Waals surface area contributed by atoms with Crippen LogP contribution in [0.2, 0.25) is 0 Å². The molecule has 0 aliphatic heterocycles. The van der Waals surface area contributed by atoms with Crippen molar-refractivity contribution in [1.82, 2.24) is 9.78 Å². The number of hydrogen-bond donors (Lipinski definition) is 1. The minimum atomic E-state index is -0.611. The van der Waals surface area contributed by atoms with Crippen LogP contribution in [-0.4, -0.2) is 14.9 Å². The molecule has 0 aliphatic carbocycles. The van der Waals surface area contributed by atoms with Crippen molar-refractivity contribution >= 4 is 26.8 Å². The molecule has 3 nitrogen and oxygen atoms in total. The van der Waals surface area contributed by atoms with Crippen LogP contribution in [-0.2, 0) is 13.5 Å². The van der Waals surface area contributed by atoms with Crippen LogP contribution in [0.4, 0.5) is 0 Å². The highest BCUT2D eigenvalue weighted by Gasteiger charge is 2.17. The lowest BCUT2D eigenvalue weighted by Gasteiger charge is -2.10. The lowest BCUT2D eigenvalue weighted by Crippen LogP contribution is -2.04. The van der Waals surface area contributed by atoms with Crippen molar-refractivity contribution in [2.45, 2.75) is 12.5 Å². The standard InChI is InChI=1S/C16H15BrN2O/c1-19-14-9-5-3-7-12(14)16(18-19)15(20)10-11-6-2-4-8-13(11)17/h2-9,15,20H,10H2,1H3. The summed E-state index contributed by atoms with van der Waals surface area (Å²) in [6, 6.07) is 15.9. The average Bonchev–Trinajstić information content (AvgIpc) is 2.79. The molecule has 2 aromatic carbocycles. The molecule has 1 N–H and O–H groups in total. The largest absolute Gasteiger partial charge is 0.386 e. The highest BCUT2D eigenvalue weighted by molar-refractivity contribution is 9.10. The summed E-state index contributed by atoms with van der Waals surface area (Å²) in [6.45, 7) is 0. The number of rotatable bonds is 3. The van der Waals surface area contributed by atoms with Gasteiger partial charge in [-0.25, -0.2) is 0 Å². The van der Waals surface area contributed by atoms with E-state index < -0.39 is 6.10 Å². The third-order valence-electron chi connectivity index (χ3n) is 3.47. The van der Waals surface area contributed by atoms with E-state index >= 15 is 0 Å². The summed E-state index contributed by atoms with van der Waals surface area (Å²) < 4.78 is 2.83. The molecule has 0 amide bonds. The van der Waals surface area contributed by atoms with E-state index in [1.807, 2.05) is 60.3 Å². The molecule has 1 atom stereocenters. The minimum Gasteiger partial charge on any atom is -0.386 e. The number of aromatic nitrogens is 2. The predicted octanol–water partition coefficient (Wildman–Crippen LogP) is 3.61. The third-order valence-corrected chi connectivity index (χ3v) is 4.25. The van der Waals surface area contributed by atoms with Gasteiger partial charge in [0, 0.05) is 23.3 Å². The predicted molar refractivity (Wildman–Crippen MR) is 83.5 cm³/mol. The first-order chi connectivity index (χ1) is 9.66. The molecule has 1 heterocycles. The second kappa shape index (κ2) is 5.38. The van der Waals surface area contributed by atoms with Crippen molar-refractivity contribution in [3.63, 3.8) is 0 Å². The van der Waals surface area contributed by atoms with Gasteiger partial charge >= 0.3 is 0 Å². The van der Waals surface area contributed by atoms with Crippen molar-refractivity contribution < 1.29 is 5.11 Å². The van der Waals surface area contributed by atoms with Crippen LogP contribution in [0.3, 0.4) is 0 Å². The minimum absolute atomic E-state index is 0.544. The van der Waals surface area contributed by atoms with Crippen LogP contribution in [0.15, 0.2) is 53.0 Å². The number of fused-ring (bicyclic) bond motifs is 1. The van der Waals surface area contributed by atoms with Gasteiger partial charge in [-0.2, -0.15) is 5.10 Å². The summed E-state index contributed by atoms with van der Waals surface area (Å²) in [6.07, 6.45) is -0.0672. The van der Waals surface area contributed by atoms with E-state index in [9.17, 15) is 5.11 Å². The maximum atomic E-state index is 10.5. The smallest absolute Gasteiger partial charge is 0.102 e. The Morgan fingerprint density at radius 2 is 1.85 bits per heavy atom. The Morgan fingerprint density at radius 1 is 1.15 bits per heavy atom. The van der Waals surface area contributed by atoms with E-state index in [2.05, 4.69) is 21.0 Å². The van der Waals surface area contributed by atoms with E-state index in [1.165, 1.54) is 0 Å². The fraction of sp³-hybridized carbons (Fsp3) is 0.188. The zero-order valence-corrected chi connectivity index (χ0v) is 12.7. The van der Waals surface area contributed by atoms with Gasteiger partial charge in [0.2, 0.25) is 0 Å². The molecule has 0 aliphatic rings. The Kier molecular flexibility index (Phi) is 3.59. The maximum Gasteiger partial charge on any atom is 0.102 e. The lowest BCUT2D eigenvalue weighted by atomic mass is 10.0. The third kappa shape index (κ3) is 2.37.